The Morgan fingerprint density at radius 2 is 1.78 bits per heavy atom. The first-order valence-electron chi connectivity index (χ1n) is 9.69. The number of methoxy groups -OCH3 is 2. The SMILES string of the molecule is CCCCc1nc(=O)c(S(=O)(=O)c2ccc(Br)cn2)c(O)n1-c1c(OC)cccc1OC. The van der Waals surface area contributed by atoms with Crippen molar-refractivity contribution in [3.05, 3.63) is 57.2 Å². The molecule has 0 aliphatic carbocycles. The van der Waals surface area contributed by atoms with Crippen LogP contribution in [0, 0.1) is 0 Å². The third-order valence-corrected chi connectivity index (χ3v) is 6.88. The molecule has 0 amide bonds. The van der Waals surface area contributed by atoms with Gasteiger partial charge >= 0.3 is 0 Å². The van der Waals surface area contributed by atoms with Gasteiger partial charge in [0, 0.05) is 17.1 Å². The standard InChI is InChI=1S/C21H22BrN3O6S/c1-4-5-9-16-24-20(26)19(32(28,29)17-11-10-13(22)12-23-17)21(27)25(16)18-14(30-2)7-6-8-15(18)31-3/h6-8,10-12,27H,4-5,9H2,1-3H3. The van der Waals surface area contributed by atoms with Crippen LogP contribution in [-0.2, 0) is 16.3 Å². The van der Waals surface area contributed by atoms with E-state index >= 15 is 0 Å². The van der Waals surface area contributed by atoms with E-state index < -0.39 is 31.2 Å². The summed E-state index contributed by atoms with van der Waals surface area (Å²) in [7, 11) is -1.62. The molecule has 1 aromatic carbocycles. The smallest absolute Gasteiger partial charge is 0.296 e. The molecule has 0 saturated heterocycles. The third kappa shape index (κ3) is 4.35. The summed E-state index contributed by atoms with van der Waals surface area (Å²) in [5.41, 5.74) is -0.836. The zero-order valence-corrected chi connectivity index (χ0v) is 20.1. The zero-order valence-electron chi connectivity index (χ0n) is 17.7. The van der Waals surface area contributed by atoms with Gasteiger partial charge in [-0.2, -0.15) is 4.98 Å². The van der Waals surface area contributed by atoms with Gasteiger partial charge in [-0.15, -0.1) is 0 Å². The summed E-state index contributed by atoms with van der Waals surface area (Å²) in [6.45, 7) is 1.96. The molecule has 0 aliphatic heterocycles. The number of hydrogen-bond donors (Lipinski definition) is 1. The van der Waals surface area contributed by atoms with Gasteiger partial charge in [0.2, 0.25) is 20.6 Å². The molecule has 32 heavy (non-hydrogen) atoms. The average molecular weight is 524 g/mol. The quantitative estimate of drug-likeness (QED) is 0.477. The van der Waals surface area contributed by atoms with Crippen molar-refractivity contribution in [1.29, 1.82) is 0 Å². The van der Waals surface area contributed by atoms with E-state index in [1.54, 1.807) is 18.2 Å². The van der Waals surface area contributed by atoms with Crippen LogP contribution in [0.3, 0.4) is 0 Å². The van der Waals surface area contributed by atoms with Gasteiger partial charge in [0.15, 0.2) is 5.03 Å². The number of nitrogens with zero attached hydrogens (tertiary/aromatic N) is 3. The molecule has 3 aromatic rings. The molecule has 170 valence electrons. The van der Waals surface area contributed by atoms with Crippen LogP contribution >= 0.6 is 15.9 Å². The number of aromatic nitrogens is 3. The summed E-state index contributed by atoms with van der Waals surface area (Å²) < 4.78 is 39.1. The highest BCUT2D eigenvalue weighted by Gasteiger charge is 2.32. The van der Waals surface area contributed by atoms with Crippen LogP contribution in [-0.4, -0.2) is 42.3 Å². The first kappa shape index (κ1) is 23.7. The van der Waals surface area contributed by atoms with Crippen LogP contribution in [0.25, 0.3) is 5.69 Å². The van der Waals surface area contributed by atoms with E-state index in [0.29, 0.717) is 28.8 Å². The number of hydrogen-bond acceptors (Lipinski definition) is 8. The van der Waals surface area contributed by atoms with Crippen molar-refractivity contribution < 1.29 is 23.0 Å². The molecular weight excluding hydrogens is 502 g/mol. The van der Waals surface area contributed by atoms with Gasteiger partial charge < -0.3 is 14.6 Å². The Kier molecular flexibility index (Phi) is 7.19. The molecule has 11 heteroatoms. The summed E-state index contributed by atoms with van der Waals surface area (Å²) in [5, 5.41) is 10.8. The number of rotatable bonds is 8. The van der Waals surface area contributed by atoms with Crippen LogP contribution < -0.4 is 15.0 Å². The number of benzene rings is 1. The van der Waals surface area contributed by atoms with Gasteiger partial charge in [0.05, 0.1) is 14.2 Å². The van der Waals surface area contributed by atoms with Gasteiger partial charge in [0.1, 0.15) is 23.0 Å². The van der Waals surface area contributed by atoms with E-state index in [1.807, 2.05) is 6.92 Å². The molecule has 3 rings (SSSR count). The van der Waals surface area contributed by atoms with Gasteiger partial charge in [-0.3, -0.25) is 9.36 Å². The summed E-state index contributed by atoms with van der Waals surface area (Å²) in [5.74, 6) is -0.00980. The lowest BCUT2D eigenvalue weighted by atomic mass is 10.2. The van der Waals surface area contributed by atoms with Gasteiger partial charge in [-0.05, 0) is 46.6 Å². The minimum Gasteiger partial charge on any atom is -0.494 e. The van der Waals surface area contributed by atoms with Crippen LogP contribution in [0.1, 0.15) is 25.6 Å². The maximum absolute atomic E-state index is 13.3. The number of sulfone groups is 1. The highest BCUT2D eigenvalue weighted by atomic mass is 79.9. The molecule has 2 aromatic heterocycles. The molecule has 0 atom stereocenters. The Morgan fingerprint density at radius 3 is 2.31 bits per heavy atom. The number of unbranched alkanes of at least 4 members (excludes halogenated alkanes) is 1. The second kappa shape index (κ2) is 9.70. The van der Waals surface area contributed by atoms with Crippen molar-refractivity contribution >= 4 is 25.8 Å². The molecule has 0 saturated carbocycles. The molecule has 0 unspecified atom stereocenters. The van der Waals surface area contributed by atoms with Crippen molar-refractivity contribution in [3.8, 4) is 23.1 Å². The molecule has 0 spiro atoms. The fraction of sp³-hybridized carbons (Fsp3) is 0.286. The van der Waals surface area contributed by atoms with Gasteiger partial charge in [-0.1, -0.05) is 19.4 Å². The molecule has 0 bridgehead atoms. The number of pyridine rings is 1. The maximum Gasteiger partial charge on any atom is 0.296 e. The summed E-state index contributed by atoms with van der Waals surface area (Å²) in [6, 6.07) is 7.65. The van der Waals surface area contributed by atoms with E-state index in [-0.39, 0.29) is 11.5 Å². The molecular formula is C21H22BrN3O6S. The Morgan fingerprint density at radius 1 is 1.12 bits per heavy atom. The maximum atomic E-state index is 13.3. The van der Waals surface area contributed by atoms with E-state index in [2.05, 4.69) is 25.9 Å². The predicted octanol–water partition coefficient (Wildman–Crippen LogP) is 3.29. The topological polar surface area (TPSA) is 121 Å². The van der Waals surface area contributed by atoms with E-state index in [4.69, 9.17) is 9.47 Å². The van der Waals surface area contributed by atoms with E-state index in [9.17, 15) is 18.3 Å². The molecule has 0 fully saturated rings. The first-order chi connectivity index (χ1) is 15.3. The minimum atomic E-state index is -4.48. The molecule has 0 aliphatic rings. The fourth-order valence-corrected chi connectivity index (χ4v) is 4.68. The number of ether oxygens (including phenoxy) is 2. The number of aryl methyl sites for hydroxylation is 1. The Hall–Kier alpha value is -2.92. The lowest BCUT2D eigenvalue weighted by Gasteiger charge is -2.21. The normalized spacial score (nSPS) is 11.4. The summed E-state index contributed by atoms with van der Waals surface area (Å²) in [6.07, 6.45) is 3.05. The Labute approximate surface area is 193 Å². The number of aromatic hydroxyl groups is 1. The van der Waals surface area contributed by atoms with Crippen molar-refractivity contribution in [3.63, 3.8) is 0 Å². The minimum absolute atomic E-state index is 0.180. The molecule has 2 heterocycles. The molecule has 9 nitrogen and oxygen atoms in total. The largest absolute Gasteiger partial charge is 0.494 e. The number of para-hydroxylation sites is 1. The zero-order chi connectivity index (χ0) is 23.5. The first-order valence-corrected chi connectivity index (χ1v) is 12.0. The Balaban J connectivity index is 2.40. The van der Waals surface area contributed by atoms with Crippen molar-refractivity contribution in [1.82, 2.24) is 14.5 Å². The molecule has 1 N–H and O–H groups in total. The molecule has 0 radical (unpaired) electrons. The second-order valence-corrected chi connectivity index (χ2v) is 9.50. The lowest BCUT2D eigenvalue weighted by Crippen LogP contribution is -2.25. The van der Waals surface area contributed by atoms with E-state index in [0.717, 1.165) is 6.42 Å². The Bertz CT molecular complexity index is 1270. The third-order valence-electron chi connectivity index (χ3n) is 4.72. The highest BCUT2D eigenvalue weighted by Crippen LogP contribution is 2.38. The van der Waals surface area contributed by atoms with Crippen molar-refractivity contribution in [2.24, 2.45) is 0 Å². The monoisotopic (exact) mass is 523 g/mol. The van der Waals surface area contributed by atoms with Crippen molar-refractivity contribution in [2.75, 3.05) is 14.2 Å². The van der Waals surface area contributed by atoms with Gasteiger partial charge in [0.25, 0.3) is 5.56 Å². The van der Waals surface area contributed by atoms with Crippen LogP contribution in [0.15, 0.2) is 55.7 Å². The van der Waals surface area contributed by atoms with Crippen molar-refractivity contribution in [2.45, 2.75) is 36.1 Å². The lowest BCUT2D eigenvalue weighted by molar-refractivity contribution is 0.374. The van der Waals surface area contributed by atoms with Crippen LogP contribution in [0.2, 0.25) is 0 Å². The predicted molar refractivity (Wildman–Crippen MR) is 121 cm³/mol. The van der Waals surface area contributed by atoms with Gasteiger partial charge in [-0.25, -0.2) is 13.4 Å². The highest BCUT2D eigenvalue weighted by molar-refractivity contribution is 9.10. The summed E-state index contributed by atoms with van der Waals surface area (Å²) >= 11 is 3.19. The fourth-order valence-electron chi connectivity index (χ4n) is 3.19. The van der Waals surface area contributed by atoms with Crippen LogP contribution in [0.5, 0.6) is 17.4 Å². The summed E-state index contributed by atoms with van der Waals surface area (Å²) in [4.78, 5) is 19.9. The van der Waals surface area contributed by atoms with Crippen LogP contribution in [0.4, 0.5) is 0 Å². The second-order valence-electron chi connectivity index (χ2n) is 6.75. The average Bonchev–Trinajstić information content (AvgIpc) is 2.77. The van der Waals surface area contributed by atoms with E-state index in [1.165, 1.54) is 37.1 Å². The number of halogens is 1.